The van der Waals surface area contributed by atoms with Crippen LogP contribution in [0.15, 0.2) is 4.52 Å². The van der Waals surface area contributed by atoms with E-state index in [1.165, 1.54) is 12.8 Å². The first-order chi connectivity index (χ1) is 7.12. The van der Waals surface area contributed by atoms with Crippen molar-refractivity contribution in [2.75, 3.05) is 7.11 Å². The van der Waals surface area contributed by atoms with E-state index in [9.17, 15) is 0 Å². The van der Waals surface area contributed by atoms with Crippen LogP contribution in [0.1, 0.15) is 38.4 Å². The summed E-state index contributed by atoms with van der Waals surface area (Å²) in [4.78, 5) is 4.29. The highest BCUT2D eigenvalue weighted by Crippen LogP contribution is 2.22. The summed E-state index contributed by atoms with van der Waals surface area (Å²) in [5.41, 5.74) is -0.509. The van der Waals surface area contributed by atoms with Gasteiger partial charge in [-0.15, -0.1) is 0 Å². The second-order valence-electron chi connectivity index (χ2n) is 4.39. The van der Waals surface area contributed by atoms with Crippen molar-refractivity contribution in [3.63, 3.8) is 0 Å². The Morgan fingerprint density at radius 1 is 1.53 bits per heavy atom. The predicted molar refractivity (Wildman–Crippen MR) is 54.2 cm³/mol. The normalized spacial score (nSPS) is 17.0. The maximum atomic E-state index is 5.26. The third-order valence-electron chi connectivity index (χ3n) is 2.62. The van der Waals surface area contributed by atoms with Crippen LogP contribution >= 0.6 is 0 Å². The van der Waals surface area contributed by atoms with Crippen LogP contribution in [0.3, 0.4) is 0 Å². The van der Waals surface area contributed by atoms with Crippen molar-refractivity contribution in [2.24, 2.45) is 0 Å². The Morgan fingerprint density at radius 2 is 2.27 bits per heavy atom. The smallest absolute Gasteiger partial charge is 0.258 e. The zero-order valence-corrected chi connectivity index (χ0v) is 9.41. The minimum absolute atomic E-state index is 0.509. The SMILES string of the molecule is COC(C)(C)c1nc(CNC2CC2)no1. The zero-order chi connectivity index (χ0) is 10.9. The molecule has 1 aromatic heterocycles. The van der Waals surface area contributed by atoms with Crippen LogP contribution in [0.5, 0.6) is 0 Å². The monoisotopic (exact) mass is 211 g/mol. The Bertz CT molecular complexity index is 331. The molecule has 0 radical (unpaired) electrons. The molecule has 2 rings (SSSR count). The van der Waals surface area contributed by atoms with Gasteiger partial charge in [0.25, 0.3) is 5.89 Å². The lowest BCUT2D eigenvalue weighted by Gasteiger charge is -2.16. The lowest BCUT2D eigenvalue weighted by molar-refractivity contribution is -0.00786. The highest BCUT2D eigenvalue weighted by atomic mass is 16.5. The number of ether oxygens (including phenoxy) is 1. The molecule has 1 aromatic rings. The van der Waals surface area contributed by atoms with Crippen LogP contribution in [0, 0.1) is 0 Å². The summed E-state index contributed by atoms with van der Waals surface area (Å²) in [6.07, 6.45) is 2.52. The predicted octanol–water partition coefficient (Wildman–Crippen LogP) is 1.20. The van der Waals surface area contributed by atoms with Crippen molar-refractivity contribution >= 4 is 0 Å². The number of rotatable bonds is 5. The molecule has 1 saturated carbocycles. The molecule has 5 heteroatoms. The van der Waals surface area contributed by atoms with Crippen LogP contribution < -0.4 is 5.32 Å². The Kier molecular flexibility index (Phi) is 2.75. The van der Waals surface area contributed by atoms with E-state index in [0.29, 0.717) is 24.3 Å². The fourth-order valence-corrected chi connectivity index (χ4v) is 1.18. The highest BCUT2D eigenvalue weighted by molar-refractivity contribution is 4.96. The average Bonchev–Trinajstić information content (AvgIpc) is 2.92. The Labute approximate surface area is 89.2 Å². The number of nitrogens with one attached hydrogen (secondary N) is 1. The van der Waals surface area contributed by atoms with Crippen molar-refractivity contribution in [2.45, 2.75) is 44.9 Å². The van der Waals surface area contributed by atoms with E-state index in [2.05, 4.69) is 15.5 Å². The van der Waals surface area contributed by atoms with Gasteiger partial charge >= 0.3 is 0 Å². The van der Waals surface area contributed by atoms with Crippen molar-refractivity contribution < 1.29 is 9.26 Å². The lowest BCUT2D eigenvalue weighted by Crippen LogP contribution is -2.20. The highest BCUT2D eigenvalue weighted by Gasteiger charge is 2.27. The van der Waals surface area contributed by atoms with Crippen LogP contribution in [-0.2, 0) is 16.9 Å². The topological polar surface area (TPSA) is 60.2 Å². The van der Waals surface area contributed by atoms with Gasteiger partial charge in [-0.2, -0.15) is 4.98 Å². The van der Waals surface area contributed by atoms with Crippen LogP contribution in [0.2, 0.25) is 0 Å². The third-order valence-corrected chi connectivity index (χ3v) is 2.62. The summed E-state index contributed by atoms with van der Waals surface area (Å²) in [6, 6.07) is 0.655. The molecule has 84 valence electrons. The van der Waals surface area contributed by atoms with E-state index in [1.54, 1.807) is 7.11 Å². The number of hydrogen-bond donors (Lipinski definition) is 1. The van der Waals surface area contributed by atoms with Crippen molar-refractivity contribution in [1.29, 1.82) is 0 Å². The lowest BCUT2D eigenvalue weighted by atomic mass is 10.1. The van der Waals surface area contributed by atoms with E-state index in [0.717, 1.165) is 0 Å². The molecule has 1 heterocycles. The molecule has 1 aliphatic rings. The molecule has 0 unspecified atom stereocenters. The molecule has 0 aromatic carbocycles. The molecule has 1 N–H and O–H groups in total. The average molecular weight is 211 g/mol. The van der Waals surface area contributed by atoms with E-state index < -0.39 is 5.60 Å². The summed E-state index contributed by atoms with van der Waals surface area (Å²) in [6.45, 7) is 4.48. The van der Waals surface area contributed by atoms with Gasteiger partial charge in [0.1, 0.15) is 5.60 Å². The summed E-state index contributed by atoms with van der Waals surface area (Å²) in [5, 5.41) is 7.23. The molecule has 1 fully saturated rings. The molecule has 0 bridgehead atoms. The van der Waals surface area contributed by atoms with Crippen molar-refractivity contribution in [3.05, 3.63) is 11.7 Å². The van der Waals surface area contributed by atoms with Gasteiger partial charge in [0, 0.05) is 13.2 Å². The molecule has 0 spiro atoms. The standard InChI is InChI=1S/C10H17N3O2/c1-10(2,14-3)9-12-8(13-15-9)6-11-7-4-5-7/h7,11H,4-6H2,1-3H3. The maximum absolute atomic E-state index is 5.26. The minimum atomic E-state index is -0.509. The number of hydrogen-bond acceptors (Lipinski definition) is 5. The second kappa shape index (κ2) is 3.90. The van der Waals surface area contributed by atoms with Gasteiger partial charge in [-0.1, -0.05) is 5.16 Å². The summed E-state index contributed by atoms with van der Waals surface area (Å²) < 4.78 is 10.4. The summed E-state index contributed by atoms with van der Waals surface area (Å²) in [5.74, 6) is 1.22. The Balaban J connectivity index is 1.96. The molecular formula is C10H17N3O2. The molecular weight excluding hydrogens is 194 g/mol. The fraction of sp³-hybridized carbons (Fsp3) is 0.800. The molecule has 15 heavy (non-hydrogen) atoms. The van der Waals surface area contributed by atoms with Gasteiger partial charge in [-0.25, -0.2) is 0 Å². The van der Waals surface area contributed by atoms with Crippen LogP contribution in [-0.4, -0.2) is 23.3 Å². The van der Waals surface area contributed by atoms with E-state index in [-0.39, 0.29) is 0 Å². The number of aromatic nitrogens is 2. The molecule has 5 nitrogen and oxygen atoms in total. The quantitative estimate of drug-likeness (QED) is 0.793. The second-order valence-corrected chi connectivity index (χ2v) is 4.39. The first-order valence-corrected chi connectivity index (χ1v) is 5.23. The first-order valence-electron chi connectivity index (χ1n) is 5.23. The van der Waals surface area contributed by atoms with Crippen molar-refractivity contribution in [3.8, 4) is 0 Å². The van der Waals surface area contributed by atoms with Gasteiger partial charge in [-0.3, -0.25) is 0 Å². The van der Waals surface area contributed by atoms with Crippen LogP contribution in [0.4, 0.5) is 0 Å². The molecule has 0 atom stereocenters. The summed E-state index contributed by atoms with van der Waals surface area (Å²) >= 11 is 0. The van der Waals surface area contributed by atoms with Gasteiger partial charge in [0.2, 0.25) is 0 Å². The first kappa shape index (κ1) is 10.6. The minimum Gasteiger partial charge on any atom is -0.369 e. The zero-order valence-electron chi connectivity index (χ0n) is 9.41. The Morgan fingerprint density at radius 3 is 2.87 bits per heavy atom. The molecule has 0 saturated heterocycles. The van der Waals surface area contributed by atoms with Crippen LogP contribution in [0.25, 0.3) is 0 Å². The van der Waals surface area contributed by atoms with Gasteiger partial charge < -0.3 is 14.6 Å². The number of methoxy groups -OCH3 is 1. The maximum Gasteiger partial charge on any atom is 0.258 e. The third kappa shape index (κ3) is 2.54. The van der Waals surface area contributed by atoms with Gasteiger partial charge in [0.05, 0.1) is 6.54 Å². The molecule has 0 aliphatic heterocycles. The van der Waals surface area contributed by atoms with Gasteiger partial charge in [-0.05, 0) is 26.7 Å². The van der Waals surface area contributed by atoms with E-state index in [1.807, 2.05) is 13.8 Å². The summed E-state index contributed by atoms with van der Waals surface area (Å²) in [7, 11) is 1.63. The van der Waals surface area contributed by atoms with Gasteiger partial charge in [0.15, 0.2) is 5.82 Å². The number of nitrogens with zero attached hydrogens (tertiary/aromatic N) is 2. The molecule has 0 amide bonds. The Hall–Kier alpha value is -0.940. The van der Waals surface area contributed by atoms with E-state index in [4.69, 9.17) is 9.26 Å². The fourth-order valence-electron chi connectivity index (χ4n) is 1.18. The van der Waals surface area contributed by atoms with E-state index >= 15 is 0 Å². The molecule has 1 aliphatic carbocycles. The largest absolute Gasteiger partial charge is 0.369 e. The van der Waals surface area contributed by atoms with Crippen molar-refractivity contribution in [1.82, 2.24) is 15.5 Å².